The molecule has 1 aromatic carbocycles. The Labute approximate surface area is 193 Å². The monoisotopic (exact) mass is 480 g/mol. The maximum atomic E-state index is 13.1. The Bertz CT molecular complexity index is 1170. The topological polar surface area (TPSA) is 77.8 Å². The molecule has 0 bridgehead atoms. The molecule has 0 aliphatic carbocycles. The van der Waals surface area contributed by atoms with Crippen molar-refractivity contribution in [2.24, 2.45) is 5.92 Å². The van der Waals surface area contributed by atoms with E-state index in [0.29, 0.717) is 19.0 Å². The smallest absolute Gasteiger partial charge is 0.387 e. The molecule has 178 valence electrons. The van der Waals surface area contributed by atoms with Crippen LogP contribution in [-0.2, 0) is 20.9 Å². The van der Waals surface area contributed by atoms with Crippen LogP contribution < -0.4 is 19.5 Å². The van der Waals surface area contributed by atoms with Crippen LogP contribution in [0.15, 0.2) is 29.1 Å². The average Bonchev–Trinajstić information content (AvgIpc) is 3.04. The van der Waals surface area contributed by atoms with Gasteiger partial charge in [0.2, 0.25) is 5.91 Å². The largest absolute Gasteiger partial charge is 0.463 e. The third kappa shape index (κ3) is 6.50. The summed E-state index contributed by atoms with van der Waals surface area (Å²) in [5.41, 5.74) is -0.219. The quantitative estimate of drug-likeness (QED) is 0.566. The van der Waals surface area contributed by atoms with Crippen LogP contribution in [0.3, 0.4) is 0 Å². The number of nitrogens with zero attached hydrogens (tertiary/aromatic N) is 2. The second-order valence-corrected chi connectivity index (χ2v) is 8.78. The van der Waals surface area contributed by atoms with Crippen LogP contribution in [0.5, 0.6) is 5.75 Å². The maximum absolute atomic E-state index is 13.1. The summed E-state index contributed by atoms with van der Waals surface area (Å²) in [6, 6.07) is 6.08. The number of halogens is 2. The minimum absolute atomic E-state index is 0.0821. The fraction of sp³-hybridized carbons (Fsp3) is 0.435. The van der Waals surface area contributed by atoms with Gasteiger partial charge in [0, 0.05) is 18.7 Å². The van der Waals surface area contributed by atoms with Gasteiger partial charge >= 0.3 is 12.6 Å². The molecule has 7 nitrogen and oxygen atoms in total. The Kier molecular flexibility index (Phi) is 8.37. The van der Waals surface area contributed by atoms with Crippen molar-refractivity contribution in [1.29, 1.82) is 0 Å². The summed E-state index contributed by atoms with van der Waals surface area (Å²) in [6.07, 6.45) is 4.37. The van der Waals surface area contributed by atoms with Crippen molar-refractivity contribution in [3.05, 3.63) is 49.4 Å². The molecule has 2 heterocycles. The molecule has 0 unspecified atom stereocenters. The third-order valence-corrected chi connectivity index (χ3v) is 6.38. The van der Waals surface area contributed by atoms with E-state index < -0.39 is 18.1 Å². The summed E-state index contributed by atoms with van der Waals surface area (Å²) in [5, 5.41) is 0. The van der Waals surface area contributed by atoms with Crippen molar-refractivity contribution in [1.82, 2.24) is 9.47 Å². The number of para-hydroxylation sites is 1. The first-order valence-corrected chi connectivity index (χ1v) is 11.5. The highest BCUT2D eigenvalue weighted by atomic mass is 32.1. The highest BCUT2D eigenvalue weighted by molar-refractivity contribution is 7.07. The van der Waals surface area contributed by atoms with E-state index in [1.54, 1.807) is 24.0 Å². The highest BCUT2D eigenvalue weighted by Gasteiger charge is 2.22. The van der Waals surface area contributed by atoms with Crippen molar-refractivity contribution >= 4 is 35.4 Å². The van der Waals surface area contributed by atoms with Gasteiger partial charge in [0.05, 0.1) is 17.2 Å². The fourth-order valence-electron chi connectivity index (χ4n) is 3.52. The number of esters is 1. The Morgan fingerprint density at radius 2 is 1.94 bits per heavy atom. The summed E-state index contributed by atoms with van der Waals surface area (Å²) >= 11 is 0.976. The summed E-state index contributed by atoms with van der Waals surface area (Å²) in [6.45, 7) is 1.95. The lowest BCUT2D eigenvalue weighted by atomic mass is 9.99. The summed E-state index contributed by atoms with van der Waals surface area (Å²) in [4.78, 5) is 39.8. The molecule has 1 aromatic heterocycles. The molecule has 1 amide bonds. The minimum Gasteiger partial charge on any atom is -0.463 e. The number of benzene rings is 1. The van der Waals surface area contributed by atoms with Crippen molar-refractivity contribution in [3.8, 4) is 5.75 Å². The molecule has 2 aromatic rings. The molecular formula is C23H26F2N2O5S. The van der Waals surface area contributed by atoms with E-state index >= 15 is 0 Å². The van der Waals surface area contributed by atoms with Crippen LogP contribution >= 0.6 is 11.3 Å². The number of amides is 1. The van der Waals surface area contributed by atoms with Gasteiger partial charge in [-0.15, -0.1) is 11.3 Å². The molecule has 0 saturated carbocycles. The first-order chi connectivity index (χ1) is 15.8. The SMILES string of the molecule is CCOC(=O)C=c1sc(=Cc2ccccc2OC(F)F)c(=O)n1CC(=O)N1CCC(C)CC1. The standard InChI is InChI=1S/C23H26F2N2O5S/c1-3-31-21(29)13-20-27(14-19(28)26-10-8-15(2)9-11-26)22(30)18(33-20)12-16-6-4-5-7-17(16)32-23(24)25/h4-7,12-13,15,23H,3,8-11,14H2,1-2H3. The van der Waals surface area contributed by atoms with E-state index in [4.69, 9.17) is 4.74 Å². The zero-order valence-corrected chi connectivity index (χ0v) is 19.3. The van der Waals surface area contributed by atoms with Crippen molar-refractivity contribution in [2.45, 2.75) is 39.8 Å². The predicted molar refractivity (Wildman–Crippen MR) is 121 cm³/mol. The fourth-order valence-corrected chi connectivity index (χ4v) is 4.54. The number of alkyl halides is 2. The number of hydrogen-bond acceptors (Lipinski definition) is 6. The minimum atomic E-state index is -3.02. The van der Waals surface area contributed by atoms with Crippen LogP contribution in [-0.4, -0.2) is 47.7 Å². The van der Waals surface area contributed by atoms with Gasteiger partial charge in [0.25, 0.3) is 5.56 Å². The summed E-state index contributed by atoms with van der Waals surface area (Å²) < 4.78 is 36.6. The van der Waals surface area contributed by atoms with Crippen molar-refractivity contribution < 1.29 is 27.8 Å². The van der Waals surface area contributed by atoms with E-state index in [9.17, 15) is 23.2 Å². The van der Waals surface area contributed by atoms with E-state index in [0.717, 1.165) is 24.2 Å². The van der Waals surface area contributed by atoms with Crippen LogP contribution in [0.25, 0.3) is 12.2 Å². The van der Waals surface area contributed by atoms with Crippen LogP contribution in [0, 0.1) is 5.92 Å². The Morgan fingerprint density at radius 1 is 1.24 bits per heavy atom. The maximum Gasteiger partial charge on any atom is 0.387 e. The molecule has 1 aliphatic heterocycles. The van der Waals surface area contributed by atoms with Gasteiger partial charge in [0.1, 0.15) is 17.0 Å². The molecule has 0 N–H and O–H groups in total. The number of carbonyl (C=O) groups is 2. The summed E-state index contributed by atoms with van der Waals surface area (Å²) in [5.74, 6) is -0.392. The number of thiazole rings is 1. The van der Waals surface area contributed by atoms with Gasteiger partial charge in [-0.05, 0) is 37.8 Å². The van der Waals surface area contributed by atoms with Gasteiger partial charge in [-0.2, -0.15) is 8.78 Å². The van der Waals surface area contributed by atoms with E-state index in [2.05, 4.69) is 11.7 Å². The van der Waals surface area contributed by atoms with Crippen LogP contribution in [0.2, 0.25) is 0 Å². The number of rotatable bonds is 7. The first-order valence-electron chi connectivity index (χ1n) is 10.7. The molecule has 0 atom stereocenters. The number of carbonyl (C=O) groups excluding carboxylic acids is 2. The van der Waals surface area contributed by atoms with Gasteiger partial charge in [-0.1, -0.05) is 25.1 Å². The molecular weight excluding hydrogens is 454 g/mol. The van der Waals surface area contributed by atoms with Crippen molar-refractivity contribution in [3.63, 3.8) is 0 Å². The second kappa shape index (κ2) is 11.2. The Balaban J connectivity index is 2.03. The molecule has 0 spiro atoms. The normalized spacial score (nSPS) is 15.8. The molecule has 1 saturated heterocycles. The van der Waals surface area contributed by atoms with Gasteiger partial charge in [-0.25, -0.2) is 4.79 Å². The van der Waals surface area contributed by atoms with E-state index in [1.165, 1.54) is 28.9 Å². The molecule has 33 heavy (non-hydrogen) atoms. The molecule has 1 aliphatic rings. The summed E-state index contributed by atoms with van der Waals surface area (Å²) in [7, 11) is 0. The average molecular weight is 481 g/mol. The zero-order chi connectivity index (χ0) is 24.0. The molecule has 1 fully saturated rings. The number of aromatic nitrogens is 1. The molecule has 0 radical (unpaired) electrons. The number of hydrogen-bond donors (Lipinski definition) is 0. The lowest BCUT2D eigenvalue weighted by molar-refractivity contribution is -0.136. The number of likely N-dealkylation sites (tertiary alicyclic amines) is 1. The van der Waals surface area contributed by atoms with Crippen molar-refractivity contribution in [2.75, 3.05) is 19.7 Å². The number of piperidine rings is 1. The lowest BCUT2D eigenvalue weighted by Crippen LogP contribution is -2.43. The van der Waals surface area contributed by atoms with E-state index in [1.807, 2.05) is 0 Å². The first kappa shape index (κ1) is 24.6. The van der Waals surface area contributed by atoms with Gasteiger partial charge in [0.15, 0.2) is 0 Å². The van der Waals surface area contributed by atoms with Crippen LogP contribution in [0.1, 0.15) is 32.3 Å². The highest BCUT2D eigenvalue weighted by Crippen LogP contribution is 2.20. The Hall–Kier alpha value is -3.01. The number of ether oxygens (including phenoxy) is 2. The molecule has 3 rings (SSSR count). The van der Waals surface area contributed by atoms with Gasteiger partial charge in [-0.3, -0.25) is 14.2 Å². The lowest BCUT2D eigenvalue weighted by Gasteiger charge is -2.30. The second-order valence-electron chi connectivity index (χ2n) is 7.72. The Morgan fingerprint density at radius 3 is 2.61 bits per heavy atom. The van der Waals surface area contributed by atoms with Gasteiger partial charge < -0.3 is 14.4 Å². The van der Waals surface area contributed by atoms with Crippen LogP contribution in [0.4, 0.5) is 8.78 Å². The van der Waals surface area contributed by atoms with E-state index in [-0.39, 0.29) is 39.6 Å². The third-order valence-electron chi connectivity index (χ3n) is 5.32. The zero-order valence-electron chi connectivity index (χ0n) is 18.5. The predicted octanol–water partition coefficient (Wildman–Crippen LogP) is 1.94. The molecule has 10 heteroatoms.